The largest absolute Gasteiger partial charge is 0.469 e. The first kappa shape index (κ1) is 9.49. The van der Waals surface area contributed by atoms with Crippen LogP contribution in [0.25, 0.3) is 0 Å². The van der Waals surface area contributed by atoms with Crippen molar-refractivity contribution in [3.05, 3.63) is 0 Å². The molecule has 0 radical (unpaired) electrons. The maximum atomic E-state index is 11.6. The number of carbonyl (C=O) groups is 2. The first-order valence-corrected chi connectivity index (χ1v) is 5.10. The highest BCUT2D eigenvalue weighted by Crippen LogP contribution is 2.36. The van der Waals surface area contributed by atoms with Crippen molar-refractivity contribution in [2.45, 2.75) is 31.7 Å². The molecule has 2 aliphatic carbocycles. The van der Waals surface area contributed by atoms with Crippen LogP contribution in [-0.2, 0) is 14.3 Å². The normalized spacial score (nSPS) is 30.4. The van der Waals surface area contributed by atoms with Gasteiger partial charge in [-0.3, -0.25) is 9.59 Å². The van der Waals surface area contributed by atoms with Gasteiger partial charge in [-0.15, -0.1) is 0 Å². The van der Waals surface area contributed by atoms with Gasteiger partial charge in [0.15, 0.2) is 0 Å². The number of ether oxygens (including phenoxy) is 1. The predicted molar refractivity (Wildman–Crippen MR) is 49.4 cm³/mol. The molecule has 78 valence electrons. The number of carbonyl (C=O) groups excluding carboxylic acids is 2. The molecule has 0 aromatic carbocycles. The smallest absolute Gasteiger partial charge is 0.309 e. The third-order valence-electron chi connectivity index (χ3n) is 3.04. The Hall–Kier alpha value is -1.06. The molecule has 2 atom stereocenters. The van der Waals surface area contributed by atoms with Gasteiger partial charge in [0.25, 0.3) is 0 Å². The molecular formula is C10H15NO3. The highest BCUT2D eigenvalue weighted by Gasteiger charge is 2.43. The summed E-state index contributed by atoms with van der Waals surface area (Å²) in [6, 6.07) is 0.376. The highest BCUT2D eigenvalue weighted by molar-refractivity contribution is 5.87. The topological polar surface area (TPSA) is 55.4 Å². The SMILES string of the molecule is COC(=O)C1CCC1C(=O)NC1CC1. The van der Waals surface area contributed by atoms with Gasteiger partial charge in [0, 0.05) is 6.04 Å². The summed E-state index contributed by atoms with van der Waals surface area (Å²) in [6.07, 6.45) is 3.77. The fraction of sp³-hybridized carbons (Fsp3) is 0.800. The summed E-state index contributed by atoms with van der Waals surface area (Å²) in [7, 11) is 1.37. The molecule has 2 unspecified atom stereocenters. The second-order valence-corrected chi connectivity index (χ2v) is 4.10. The number of esters is 1. The summed E-state index contributed by atoms with van der Waals surface area (Å²) in [5.74, 6) is -0.539. The van der Waals surface area contributed by atoms with E-state index in [1.807, 2.05) is 0 Å². The van der Waals surface area contributed by atoms with Crippen molar-refractivity contribution in [2.24, 2.45) is 11.8 Å². The van der Waals surface area contributed by atoms with Crippen LogP contribution in [0.5, 0.6) is 0 Å². The Morgan fingerprint density at radius 2 is 1.79 bits per heavy atom. The van der Waals surface area contributed by atoms with Gasteiger partial charge in [0.2, 0.25) is 5.91 Å². The lowest BCUT2D eigenvalue weighted by molar-refractivity contribution is -0.155. The van der Waals surface area contributed by atoms with E-state index < -0.39 is 0 Å². The lowest BCUT2D eigenvalue weighted by atomic mass is 9.73. The van der Waals surface area contributed by atoms with Crippen LogP contribution >= 0.6 is 0 Å². The van der Waals surface area contributed by atoms with Crippen molar-refractivity contribution in [3.63, 3.8) is 0 Å². The Bertz CT molecular complexity index is 260. The lowest BCUT2D eigenvalue weighted by Crippen LogP contribution is -2.45. The fourth-order valence-electron chi connectivity index (χ4n) is 1.78. The molecule has 4 nitrogen and oxygen atoms in total. The first-order chi connectivity index (χ1) is 6.72. The number of methoxy groups -OCH3 is 1. The van der Waals surface area contributed by atoms with E-state index in [0.29, 0.717) is 6.04 Å². The molecule has 2 fully saturated rings. The average molecular weight is 197 g/mol. The molecule has 0 aromatic heterocycles. The minimum Gasteiger partial charge on any atom is -0.469 e. The molecule has 4 heteroatoms. The van der Waals surface area contributed by atoms with Crippen molar-refractivity contribution in [2.75, 3.05) is 7.11 Å². The van der Waals surface area contributed by atoms with Crippen molar-refractivity contribution in [1.29, 1.82) is 0 Å². The molecule has 2 aliphatic rings. The van der Waals surface area contributed by atoms with Crippen LogP contribution in [0.3, 0.4) is 0 Å². The molecule has 0 saturated heterocycles. The van der Waals surface area contributed by atoms with E-state index in [-0.39, 0.29) is 23.7 Å². The zero-order valence-corrected chi connectivity index (χ0v) is 8.29. The van der Waals surface area contributed by atoms with Gasteiger partial charge in [0.1, 0.15) is 0 Å². The first-order valence-electron chi connectivity index (χ1n) is 5.10. The minimum atomic E-state index is -0.243. The minimum absolute atomic E-state index is 0.0363. The van der Waals surface area contributed by atoms with E-state index in [4.69, 9.17) is 0 Å². The van der Waals surface area contributed by atoms with Crippen LogP contribution in [0, 0.1) is 11.8 Å². The number of nitrogens with one attached hydrogen (secondary N) is 1. The molecule has 1 amide bonds. The van der Waals surface area contributed by atoms with E-state index in [9.17, 15) is 9.59 Å². The maximum Gasteiger partial charge on any atom is 0.309 e. The van der Waals surface area contributed by atoms with Gasteiger partial charge < -0.3 is 10.1 Å². The molecule has 0 aliphatic heterocycles. The lowest BCUT2D eigenvalue weighted by Gasteiger charge is -2.32. The number of hydrogen-bond acceptors (Lipinski definition) is 3. The zero-order valence-electron chi connectivity index (χ0n) is 8.29. The van der Waals surface area contributed by atoms with Crippen LogP contribution in [0.4, 0.5) is 0 Å². The van der Waals surface area contributed by atoms with Crippen molar-refractivity contribution >= 4 is 11.9 Å². The maximum absolute atomic E-state index is 11.6. The number of rotatable bonds is 3. The van der Waals surface area contributed by atoms with Crippen LogP contribution in [-0.4, -0.2) is 25.0 Å². The van der Waals surface area contributed by atoms with Crippen LogP contribution in [0.15, 0.2) is 0 Å². The predicted octanol–water partition coefficient (Wildman–Crippen LogP) is 0.464. The summed E-state index contributed by atoms with van der Waals surface area (Å²) in [5, 5.41) is 2.92. The molecule has 0 aromatic rings. The molecule has 0 spiro atoms. The third-order valence-corrected chi connectivity index (χ3v) is 3.04. The fourth-order valence-corrected chi connectivity index (χ4v) is 1.78. The summed E-state index contributed by atoms with van der Waals surface area (Å²) < 4.78 is 4.64. The monoisotopic (exact) mass is 197 g/mol. The molecule has 0 bridgehead atoms. The van der Waals surface area contributed by atoms with E-state index in [2.05, 4.69) is 10.1 Å². The average Bonchev–Trinajstić information content (AvgIpc) is 2.85. The Labute approximate surface area is 83.0 Å². The highest BCUT2D eigenvalue weighted by atomic mass is 16.5. The summed E-state index contributed by atoms with van der Waals surface area (Å²) in [6.45, 7) is 0. The molecular weight excluding hydrogens is 182 g/mol. The standard InChI is InChI=1S/C10H15NO3/c1-14-10(13)8-5-4-7(8)9(12)11-6-2-3-6/h6-8H,2-5H2,1H3,(H,11,12). The van der Waals surface area contributed by atoms with Gasteiger partial charge in [-0.1, -0.05) is 0 Å². The zero-order chi connectivity index (χ0) is 10.1. The van der Waals surface area contributed by atoms with Crippen LogP contribution < -0.4 is 5.32 Å². The van der Waals surface area contributed by atoms with E-state index >= 15 is 0 Å². The van der Waals surface area contributed by atoms with Gasteiger partial charge in [-0.2, -0.15) is 0 Å². The van der Waals surface area contributed by atoms with Crippen molar-refractivity contribution in [1.82, 2.24) is 5.32 Å². The van der Waals surface area contributed by atoms with Gasteiger partial charge >= 0.3 is 5.97 Å². The van der Waals surface area contributed by atoms with Crippen LogP contribution in [0.1, 0.15) is 25.7 Å². The molecule has 1 N–H and O–H groups in total. The summed E-state index contributed by atoms with van der Waals surface area (Å²) in [4.78, 5) is 22.8. The van der Waals surface area contributed by atoms with Gasteiger partial charge in [-0.05, 0) is 25.7 Å². The second-order valence-electron chi connectivity index (χ2n) is 4.10. The van der Waals surface area contributed by atoms with Gasteiger partial charge in [0.05, 0.1) is 18.9 Å². The Balaban J connectivity index is 1.84. The van der Waals surface area contributed by atoms with Crippen molar-refractivity contribution in [3.8, 4) is 0 Å². The number of hydrogen-bond donors (Lipinski definition) is 1. The van der Waals surface area contributed by atoms with Gasteiger partial charge in [-0.25, -0.2) is 0 Å². The molecule has 0 heterocycles. The molecule has 14 heavy (non-hydrogen) atoms. The number of amides is 1. The van der Waals surface area contributed by atoms with E-state index in [0.717, 1.165) is 25.7 Å². The van der Waals surface area contributed by atoms with Crippen molar-refractivity contribution < 1.29 is 14.3 Å². The third kappa shape index (κ3) is 1.74. The molecule has 2 rings (SSSR count). The summed E-state index contributed by atoms with van der Waals surface area (Å²) >= 11 is 0. The molecule has 2 saturated carbocycles. The Morgan fingerprint density at radius 3 is 2.21 bits per heavy atom. The summed E-state index contributed by atoms with van der Waals surface area (Å²) in [5.41, 5.74) is 0. The Kier molecular flexibility index (Phi) is 2.44. The quantitative estimate of drug-likeness (QED) is 0.669. The second kappa shape index (κ2) is 3.59. The Morgan fingerprint density at radius 1 is 1.14 bits per heavy atom. The van der Waals surface area contributed by atoms with Crippen LogP contribution in [0.2, 0.25) is 0 Å². The van der Waals surface area contributed by atoms with E-state index in [1.54, 1.807) is 0 Å². The van der Waals surface area contributed by atoms with E-state index in [1.165, 1.54) is 7.11 Å².